The van der Waals surface area contributed by atoms with Gasteiger partial charge in [-0.2, -0.15) is 0 Å². The highest BCUT2D eigenvalue weighted by molar-refractivity contribution is 5.93. The minimum atomic E-state index is -1.27. The predicted molar refractivity (Wildman–Crippen MR) is 95.6 cm³/mol. The number of pyridine rings is 1. The van der Waals surface area contributed by atoms with Crippen LogP contribution in [0.3, 0.4) is 0 Å². The highest BCUT2D eigenvalue weighted by Crippen LogP contribution is 2.40. The van der Waals surface area contributed by atoms with Gasteiger partial charge in [0.1, 0.15) is 11.4 Å². The summed E-state index contributed by atoms with van der Waals surface area (Å²) in [7, 11) is 2.09. The fourth-order valence-electron chi connectivity index (χ4n) is 4.55. The second kappa shape index (κ2) is 5.30. The number of carboxylic acid groups (broad SMARTS) is 1. The van der Waals surface area contributed by atoms with E-state index in [0.717, 1.165) is 32.4 Å². The molecule has 136 valence electrons. The second-order valence-corrected chi connectivity index (χ2v) is 7.77. The third-order valence-electron chi connectivity index (χ3n) is 6.10. The van der Waals surface area contributed by atoms with Crippen molar-refractivity contribution in [3.8, 4) is 0 Å². The molecule has 7 heteroatoms. The maximum absolute atomic E-state index is 14.9. The number of halogens is 1. The van der Waals surface area contributed by atoms with E-state index in [9.17, 15) is 19.1 Å². The van der Waals surface area contributed by atoms with Gasteiger partial charge in [0.05, 0.1) is 11.2 Å². The fourth-order valence-corrected chi connectivity index (χ4v) is 4.55. The number of hydrogen-bond acceptors (Lipinski definition) is 4. The summed E-state index contributed by atoms with van der Waals surface area (Å²) in [6.45, 7) is 1.69. The van der Waals surface area contributed by atoms with E-state index < -0.39 is 17.2 Å². The van der Waals surface area contributed by atoms with Crippen molar-refractivity contribution in [2.24, 2.45) is 0 Å². The second-order valence-electron chi connectivity index (χ2n) is 7.77. The van der Waals surface area contributed by atoms with Crippen LogP contribution < -0.4 is 10.3 Å². The number of rotatable bonds is 3. The Bertz CT molecular complexity index is 996. The lowest BCUT2D eigenvalue weighted by Crippen LogP contribution is -2.44. The largest absolute Gasteiger partial charge is 0.477 e. The van der Waals surface area contributed by atoms with E-state index in [1.54, 1.807) is 6.07 Å². The maximum atomic E-state index is 14.9. The third kappa shape index (κ3) is 2.19. The Kier molecular flexibility index (Phi) is 3.22. The van der Waals surface area contributed by atoms with Crippen LogP contribution in [0.25, 0.3) is 10.9 Å². The van der Waals surface area contributed by atoms with Gasteiger partial charge in [0.25, 0.3) is 0 Å². The number of piperazine rings is 1. The van der Waals surface area contributed by atoms with Crippen molar-refractivity contribution in [1.82, 2.24) is 9.47 Å². The molecule has 6 nitrogen and oxygen atoms in total. The summed E-state index contributed by atoms with van der Waals surface area (Å²) in [5, 5.41) is 9.48. The first-order valence-corrected chi connectivity index (χ1v) is 9.02. The zero-order chi connectivity index (χ0) is 18.2. The topological polar surface area (TPSA) is 65.8 Å². The summed E-state index contributed by atoms with van der Waals surface area (Å²) in [5.41, 5.74) is 0.251. The quantitative estimate of drug-likeness (QED) is 0.911. The Morgan fingerprint density at radius 3 is 2.54 bits per heavy atom. The fraction of sp³-hybridized carbons (Fsp3) is 0.474. The van der Waals surface area contributed by atoms with Crippen LogP contribution in [0.2, 0.25) is 0 Å². The highest BCUT2D eigenvalue weighted by atomic mass is 19.1. The van der Waals surface area contributed by atoms with Gasteiger partial charge < -0.3 is 14.6 Å². The number of carboxylic acids is 1. The van der Waals surface area contributed by atoms with Crippen LogP contribution in [0, 0.1) is 5.82 Å². The SMILES string of the molecule is CN1CC2C[C@H]1CN2c1cc2c(cc1F)c(=O)c(C(=O)O)cn2C1CC1. The van der Waals surface area contributed by atoms with E-state index in [-0.39, 0.29) is 23.0 Å². The van der Waals surface area contributed by atoms with Crippen molar-refractivity contribution in [1.29, 1.82) is 0 Å². The van der Waals surface area contributed by atoms with Gasteiger partial charge in [-0.15, -0.1) is 0 Å². The molecule has 2 saturated heterocycles. The van der Waals surface area contributed by atoms with Crippen LogP contribution in [0.15, 0.2) is 23.1 Å². The number of aromatic carboxylic acids is 1. The molecule has 1 aromatic carbocycles. The van der Waals surface area contributed by atoms with Crippen LogP contribution >= 0.6 is 0 Å². The molecule has 3 fully saturated rings. The van der Waals surface area contributed by atoms with Crippen molar-refractivity contribution in [2.75, 3.05) is 25.0 Å². The number of nitrogens with zero attached hydrogens (tertiary/aromatic N) is 3. The van der Waals surface area contributed by atoms with E-state index in [1.165, 1.54) is 12.3 Å². The highest BCUT2D eigenvalue weighted by Gasteiger charge is 2.42. The molecule has 2 bridgehead atoms. The number of anilines is 1. The summed E-state index contributed by atoms with van der Waals surface area (Å²) >= 11 is 0. The molecule has 2 aliphatic heterocycles. The normalized spacial score (nSPS) is 25.4. The summed E-state index contributed by atoms with van der Waals surface area (Å²) in [6.07, 6.45) is 4.35. The van der Waals surface area contributed by atoms with Gasteiger partial charge in [-0.25, -0.2) is 9.18 Å². The molecule has 1 N–H and O–H groups in total. The first kappa shape index (κ1) is 15.8. The maximum Gasteiger partial charge on any atom is 0.341 e. The summed E-state index contributed by atoms with van der Waals surface area (Å²) in [5.74, 6) is -1.72. The van der Waals surface area contributed by atoms with Gasteiger partial charge in [-0.3, -0.25) is 9.69 Å². The number of aromatic nitrogens is 1. The first-order valence-electron chi connectivity index (χ1n) is 9.02. The van der Waals surface area contributed by atoms with Crippen molar-refractivity contribution < 1.29 is 14.3 Å². The standard InChI is InChI=1S/C19H20FN3O3/c1-21-7-12-4-11(21)8-22(12)17-6-16-13(5-15(17)20)18(24)14(19(25)26)9-23(16)10-2-3-10/h5-6,9-12H,2-4,7-8H2,1H3,(H,25,26)/t11-,12?/m0/s1. The zero-order valence-corrected chi connectivity index (χ0v) is 14.5. The van der Waals surface area contributed by atoms with Crippen LogP contribution in [0.5, 0.6) is 0 Å². The molecule has 2 aromatic rings. The molecule has 0 amide bonds. The lowest BCUT2D eigenvalue weighted by atomic mass is 10.1. The number of fused-ring (bicyclic) bond motifs is 3. The lowest BCUT2D eigenvalue weighted by molar-refractivity contribution is 0.0695. The number of likely N-dealkylation sites (N-methyl/N-ethyl adjacent to an activating group) is 1. The Labute approximate surface area is 149 Å². The zero-order valence-electron chi connectivity index (χ0n) is 14.5. The summed E-state index contributed by atoms with van der Waals surface area (Å²) < 4.78 is 16.8. The van der Waals surface area contributed by atoms with Gasteiger partial charge in [-0.1, -0.05) is 0 Å². The van der Waals surface area contributed by atoms with Gasteiger partial charge in [0.15, 0.2) is 0 Å². The molecule has 1 saturated carbocycles. The van der Waals surface area contributed by atoms with Gasteiger partial charge in [0, 0.05) is 42.8 Å². The molecule has 1 aromatic heterocycles. The van der Waals surface area contributed by atoms with E-state index in [1.807, 2.05) is 4.57 Å². The molecule has 26 heavy (non-hydrogen) atoms. The monoisotopic (exact) mass is 357 g/mol. The summed E-state index contributed by atoms with van der Waals surface area (Å²) in [6, 6.07) is 3.90. The molecule has 0 radical (unpaired) electrons. The number of benzene rings is 1. The number of carbonyl (C=O) groups is 1. The lowest BCUT2D eigenvalue weighted by Gasteiger charge is -2.34. The van der Waals surface area contributed by atoms with Crippen molar-refractivity contribution in [3.05, 3.63) is 39.9 Å². The van der Waals surface area contributed by atoms with E-state index in [2.05, 4.69) is 16.8 Å². The van der Waals surface area contributed by atoms with Crippen LogP contribution in [-0.4, -0.2) is 52.8 Å². The minimum absolute atomic E-state index is 0.152. The summed E-state index contributed by atoms with van der Waals surface area (Å²) in [4.78, 5) is 28.4. The number of likely N-dealkylation sites (tertiary alicyclic amines) is 1. The Balaban J connectivity index is 1.70. The molecule has 2 atom stereocenters. The molecule has 3 heterocycles. The van der Waals surface area contributed by atoms with Crippen LogP contribution in [-0.2, 0) is 0 Å². The molecule has 5 rings (SSSR count). The smallest absolute Gasteiger partial charge is 0.341 e. The predicted octanol–water partition coefficient (Wildman–Crippen LogP) is 2.07. The average Bonchev–Trinajstić information content (AvgIpc) is 3.26. The van der Waals surface area contributed by atoms with Crippen LogP contribution in [0.1, 0.15) is 35.7 Å². The first-order chi connectivity index (χ1) is 12.4. The van der Waals surface area contributed by atoms with Crippen molar-refractivity contribution in [2.45, 2.75) is 37.4 Å². The molecule has 3 aliphatic rings. The van der Waals surface area contributed by atoms with Crippen molar-refractivity contribution in [3.63, 3.8) is 0 Å². The molecule has 1 aliphatic carbocycles. The third-order valence-corrected chi connectivity index (χ3v) is 6.10. The van der Waals surface area contributed by atoms with Crippen molar-refractivity contribution >= 4 is 22.6 Å². The molecule has 0 spiro atoms. The Morgan fingerprint density at radius 2 is 1.96 bits per heavy atom. The number of hydrogen-bond donors (Lipinski definition) is 1. The minimum Gasteiger partial charge on any atom is -0.477 e. The molecule has 1 unspecified atom stereocenters. The molecular weight excluding hydrogens is 337 g/mol. The van der Waals surface area contributed by atoms with Gasteiger partial charge >= 0.3 is 5.97 Å². The Morgan fingerprint density at radius 1 is 1.19 bits per heavy atom. The van der Waals surface area contributed by atoms with E-state index >= 15 is 0 Å². The molecular formula is C19H20FN3O3. The van der Waals surface area contributed by atoms with Gasteiger partial charge in [0.2, 0.25) is 5.43 Å². The van der Waals surface area contributed by atoms with E-state index in [4.69, 9.17) is 0 Å². The Hall–Kier alpha value is -2.41. The van der Waals surface area contributed by atoms with Gasteiger partial charge in [-0.05, 0) is 38.4 Å². The van der Waals surface area contributed by atoms with Crippen LogP contribution in [0.4, 0.5) is 10.1 Å². The average molecular weight is 357 g/mol. The van der Waals surface area contributed by atoms with E-state index in [0.29, 0.717) is 17.2 Å².